The monoisotopic (exact) mass is 628 g/mol. The van der Waals surface area contributed by atoms with Gasteiger partial charge in [-0.15, -0.1) is 0 Å². The maximum atomic E-state index is 4.08. The van der Waals surface area contributed by atoms with Gasteiger partial charge in [-0.2, -0.15) is 0 Å². The molecule has 1 aliphatic heterocycles. The molecule has 0 spiro atoms. The number of rotatable bonds is 2. The summed E-state index contributed by atoms with van der Waals surface area (Å²) in [7, 11) is -2.35. The van der Waals surface area contributed by atoms with Gasteiger partial charge in [-0.05, 0) is 0 Å². The van der Waals surface area contributed by atoms with Gasteiger partial charge < -0.3 is 0 Å². The Hall–Kier alpha value is -3.70. The number of nitrogens with one attached hydrogen (secondary N) is 1. The van der Waals surface area contributed by atoms with Crippen LogP contribution in [-0.4, -0.2) is 31.7 Å². The van der Waals surface area contributed by atoms with E-state index in [9.17, 15) is 0 Å². The van der Waals surface area contributed by atoms with Crippen LogP contribution < -0.4 is 31.4 Å². The number of para-hydroxylation sites is 2. The SMILES string of the molecule is CC(C)[PH]1(C)c2ccccc2Nc2ccccc2[PH](C)(C(C)C)c2cc3ccccc3cc2N(C)c2cc3ccccc3cc21. The Balaban J connectivity index is 1.68. The van der Waals surface area contributed by atoms with E-state index in [1.807, 2.05) is 0 Å². The Morgan fingerprint density at radius 3 is 1.18 bits per heavy atom. The average molecular weight is 629 g/mol. The normalized spacial score (nSPS) is 16.9. The first-order valence-corrected chi connectivity index (χ1v) is 21.6. The van der Waals surface area contributed by atoms with Crippen molar-refractivity contribution in [3.05, 3.63) is 121 Å². The van der Waals surface area contributed by atoms with Crippen molar-refractivity contribution in [2.75, 3.05) is 30.6 Å². The second kappa shape index (κ2) is 11.3. The van der Waals surface area contributed by atoms with E-state index in [1.165, 1.54) is 65.5 Å². The zero-order valence-corrected chi connectivity index (χ0v) is 29.6. The van der Waals surface area contributed by atoms with Crippen molar-refractivity contribution in [1.29, 1.82) is 0 Å². The molecule has 6 aromatic rings. The Bertz CT molecular complexity index is 1920. The molecule has 1 N–H and O–H groups in total. The molecule has 0 fully saturated rings. The predicted octanol–water partition coefficient (Wildman–Crippen LogP) is 9.30. The summed E-state index contributed by atoms with van der Waals surface area (Å²) in [4.78, 5) is 2.56. The molecule has 0 amide bonds. The number of benzene rings is 6. The van der Waals surface area contributed by atoms with Crippen molar-refractivity contribution in [2.24, 2.45) is 0 Å². The van der Waals surface area contributed by atoms with E-state index in [2.05, 4.69) is 180 Å². The van der Waals surface area contributed by atoms with E-state index in [1.54, 1.807) is 0 Å². The Morgan fingerprint density at radius 1 is 0.467 bits per heavy atom. The second-order valence-electron chi connectivity index (χ2n) is 13.9. The molecule has 1 heterocycles. The van der Waals surface area contributed by atoms with Gasteiger partial charge in [0.25, 0.3) is 0 Å². The number of hydrogen-bond donors (Lipinski definition) is 1. The van der Waals surface area contributed by atoms with Crippen molar-refractivity contribution < 1.29 is 0 Å². The molecular weight excluding hydrogens is 582 g/mol. The minimum absolute atomic E-state index is 0.471. The van der Waals surface area contributed by atoms with Crippen molar-refractivity contribution >= 4 is 80.0 Å². The number of anilines is 4. The minimum atomic E-state index is -2.34. The quantitative estimate of drug-likeness (QED) is 0.192. The predicted molar refractivity (Wildman–Crippen MR) is 209 cm³/mol. The van der Waals surface area contributed by atoms with Gasteiger partial charge in [-0.3, -0.25) is 0 Å². The van der Waals surface area contributed by atoms with E-state index in [-0.39, 0.29) is 0 Å². The van der Waals surface area contributed by atoms with Crippen LogP contribution in [0.5, 0.6) is 0 Å². The Labute approximate surface area is 270 Å². The van der Waals surface area contributed by atoms with Gasteiger partial charge in [0.1, 0.15) is 0 Å². The van der Waals surface area contributed by atoms with E-state index in [0.717, 1.165) is 0 Å². The van der Waals surface area contributed by atoms with Crippen LogP contribution in [0.25, 0.3) is 21.5 Å². The van der Waals surface area contributed by atoms with Crippen LogP contribution >= 0.6 is 14.5 Å². The molecule has 7 rings (SSSR count). The van der Waals surface area contributed by atoms with Crippen LogP contribution in [0, 0.1) is 0 Å². The fraction of sp³-hybridized carbons (Fsp3) is 0.220. The summed E-state index contributed by atoms with van der Waals surface area (Å²) >= 11 is 0. The molecule has 0 saturated heterocycles. The molecule has 0 aromatic heterocycles. The first kappa shape index (κ1) is 30.0. The molecule has 0 atom stereocenters. The summed E-state index contributed by atoms with van der Waals surface area (Å²) in [5, 5.41) is 15.2. The molecule has 230 valence electrons. The van der Waals surface area contributed by atoms with Crippen LogP contribution in [0.4, 0.5) is 22.7 Å². The third kappa shape index (κ3) is 4.69. The standard InChI is InChI=1S/C41H46N2P2/c1-28(2)44(6)38-22-14-12-20-34(38)42-35-21-13-15-23-39(35)45(7,29(3)4)41-27-33-19-11-9-17-31(33)25-37(41)43(5)36-24-30-16-8-10-18-32(30)26-40(36)44/h8-29,42,44-45H,1-7H3. The molecule has 0 unspecified atom stereocenters. The maximum absolute atomic E-state index is 4.08. The van der Waals surface area contributed by atoms with Crippen LogP contribution in [0.1, 0.15) is 27.7 Å². The van der Waals surface area contributed by atoms with Crippen molar-refractivity contribution in [1.82, 2.24) is 0 Å². The molecule has 0 saturated carbocycles. The van der Waals surface area contributed by atoms with Crippen LogP contribution in [0.2, 0.25) is 0 Å². The van der Waals surface area contributed by atoms with Gasteiger partial charge in [-0.25, -0.2) is 0 Å². The number of nitrogens with zero attached hydrogens (tertiary/aromatic N) is 1. The van der Waals surface area contributed by atoms with E-state index in [4.69, 9.17) is 0 Å². The number of hydrogen-bond acceptors (Lipinski definition) is 2. The van der Waals surface area contributed by atoms with Gasteiger partial charge in [0.05, 0.1) is 0 Å². The van der Waals surface area contributed by atoms with Gasteiger partial charge in [-0.1, -0.05) is 0 Å². The molecule has 2 nitrogen and oxygen atoms in total. The van der Waals surface area contributed by atoms with Crippen LogP contribution in [0.3, 0.4) is 0 Å². The summed E-state index contributed by atoms with van der Waals surface area (Å²) in [6.07, 6.45) is 0. The fourth-order valence-electron chi connectivity index (χ4n) is 7.74. The van der Waals surface area contributed by atoms with E-state index in [0.29, 0.717) is 11.3 Å². The van der Waals surface area contributed by atoms with Crippen LogP contribution in [0.15, 0.2) is 121 Å². The first-order chi connectivity index (χ1) is 21.6. The van der Waals surface area contributed by atoms with Crippen molar-refractivity contribution in [2.45, 2.75) is 39.0 Å². The van der Waals surface area contributed by atoms with Gasteiger partial charge in [0.15, 0.2) is 0 Å². The van der Waals surface area contributed by atoms with E-state index < -0.39 is 14.5 Å². The average Bonchev–Trinajstić information content (AvgIpc) is 3.06. The zero-order chi connectivity index (χ0) is 31.5. The topological polar surface area (TPSA) is 15.3 Å². The molecule has 45 heavy (non-hydrogen) atoms. The molecule has 4 heteroatoms. The summed E-state index contributed by atoms with van der Waals surface area (Å²) in [6.45, 7) is 14.9. The molecule has 0 radical (unpaired) electrons. The van der Waals surface area contributed by atoms with Gasteiger partial charge >= 0.3 is 271 Å². The second-order valence-corrected chi connectivity index (χ2v) is 23.2. The summed E-state index contributed by atoms with van der Waals surface area (Å²) in [6, 6.07) is 46.1. The van der Waals surface area contributed by atoms with Crippen molar-refractivity contribution in [3.8, 4) is 0 Å². The Kier molecular flexibility index (Phi) is 7.51. The van der Waals surface area contributed by atoms with E-state index >= 15 is 0 Å². The molecule has 6 aromatic carbocycles. The molecule has 1 aliphatic rings. The van der Waals surface area contributed by atoms with Gasteiger partial charge in [0.2, 0.25) is 0 Å². The van der Waals surface area contributed by atoms with Crippen molar-refractivity contribution in [3.63, 3.8) is 0 Å². The zero-order valence-electron chi connectivity index (χ0n) is 27.6. The van der Waals surface area contributed by atoms with Crippen LogP contribution in [-0.2, 0) is 0 Å². The molecular formula is C41H46N2P2. The third-order valence-electron chi connectivity index (χ3n) is 11.1. The Morgan fingerprint density at radius 2 is 0.800 bits per heavy atom. The summed E-state index contributed by atoms with van der Waals surface area (Å²) < 4.78 is 0. The van der Waals surface area contributed by atoms with Gasteiger partial charge in [0, 0.05) is 0 Å². The summed E-state index contributed by atoms with van der Waals surface area (Å²) in [5.41, 5.74) is 6.09. The molecule has 0 bridgehead atoms. The molecule has 0 aliphatic carbocycles. The first-order valence-electron chi connectivity index (χ1n) is 16.4. The summed E-state index contributed by atoms with van der Waals surface area (Å²) in [5.74, 6) is 0. The third-order valence-corrected chi connectivity index (χ3v) is 21.9. The fourth-order valence-corrected chi connectivity index (χ4v) is 15.6. The number of fused-ring (bicyclic) bond motifs is 6.